The van der Waals surface area contributed by atoms with Crippen LogP contribution in [0.15, 0.2) is 54.6 Å². The van der Waals surface area contributed by atoms with Crippen molar-refractivity contribution in [1.29, 1.82) is 0 Å². The summed E-state index contributed by atoms with van der Waals surface area (Å²) in [4.78, 5) is 13.6. The maximum absolute atomic E-state index is 11.6. The van der Waals surface area contributed by atoms with Gasteiger partial charge in [-0.1, -0.05) is 54.6 Å². The topological polar surface area (TPSA) is 20.3 Å². The Morgan fingerprint density at radius 2 is 1.71 bits per heavy atom. The van der Waals surface area contributed by atoms with E-state index in [0.717, 1.165) is 25.8 Å². The smallest absolute Gasteiger partial charge is 0.219 e. The molecule has 1 aliphatic heterocycles. The normalized spacial score (nSPS) is 18.0. The van der Waals surface area contributed by atoms with E-state index in [1.165, 1.54) is 16.7 Å². The van der Waals surface area contributed by atoms with Crippen molar-refractivity contribution in [3.63, 3.8) is 0 Å². The predicted molar refractivity (Wildman–Crippen MR) is 86.0 cm³/mol. The van der Waals surface area contributed by atoms with Gasteiger partial charge in [0.15, 0.2) is 0 Å². The summed E-state index contributed by atoms with van der Waals surface area (Å²) < 4.78 is 0. The Balaban J connectivity index is 1.72. The molecule has 0 saturated carbocycles. The van der Waals surface area contributed by atoms with Crippen LogP contribution in [0, 0.1) is 0 Å². The van der Waals surface area contributed by atoms with Gasteiger partial charge in [-0.15, -0.1) is 0 Å². The largest absolute Gasteiger partial charge is 0.340 e. The van der Waals surface area contributed by atoms with E-state index in [9.17, 15) is 4.79 Å². The number of carbonyl (C=O) groups is 1. The molecule has 2 aromatic rings. The molecule has 0 bridgehead atoms. The molecule has 3 rings (SSSR count). The summed E-state index contributed by atoms with van der Waals surface area (Å²) in [6, 6.07) is 19.5. The first kappa shape index (κ1) is 13.9. The van der Waals surface area contributed by atoms with Crippen LogP contribution < -0.4 is 0 Å². The number of amides is 1. The molecular weight excluding hydrogens is 258 g/mol. The number of benzene rings is 2. The molecule has 0 aliphatic carbocycles. The fourth-order valence-electron chi connectivity index (χ4n) is 3.20. The average Bonchev–Trinajstić information content (AvgIpc) is 2.97. The van der Waals surface area contributed by atoms with Crippen molar-refractivity contribution < 1.29 is 4.79 Å². The lowest BCUT2D eigenvalue weighted by Crippen LogP contribution is -2.34. The van der Waals surface area contributed by atoms with Gasteiger partial charge in [0.1, 0.15) is 0 Å². The Hall–Kier alpha value is -2.09. The van der Waals surface area contributed by atoms with Crippen molar-refractivity contribution in [3.8, 4) is 11.1 Å². The van der Waals surface area contributed by atoms with Gasteiger partial charge in [-0.2, -0.15) is 0 Å². The summed E-state index contributed by atoms with van der Waals surface area (Å²) >= 11 is 0. The van der Waals surface area contributed by atoms with Crippen molar-refractivity contribution in [2.75, 3.05) is 6.54 Å². The Labute approximate surface area is 126 Å². The monoisotopic (exact) mass is 279 g/mol. The van der Waals surface area contributed by atoms with Crippen LogP contribution >= 0.6 is 0 Å². The molecule has 1 aliphatic rings. The second-order valence-electron chi connectivity index (χ2n) is 5.78. The van der Waals surface area contributed by atoms with Gasteiger partial charge in [0, 0.05) is 19.5 Å². The van der Waals surface area contributed by atoms with Crippen LogP contribution in [0.5, 0.6) is 0 Å². The molecule has 1 heterocycles. The van der Waals surface area contributed by atoms with Gasteiger partial charge >= 0.3 is 0 Å². The lowest BCUT2D eigenvalue weighted by molar-refractivity contribution is -0.129. The van der Waals surface area contributed by atoms with Gasteiger partial charge in [-0.3, -0.25) is 4.79 Å². The fourth-order valence-corrected chi connectivity index (χ4v) is 3.20. The molecule has 108 valence electrons. The molecule has 0 unspecified atom stereocenters. The van der Waals surface area contributed by atoms with E-state index in [1.54, 1.807) is 6.92 Å². The highest BCUT2D eigenvalue weighted by Gasteiger charge is 2.26. The first-order valence-corrected chi connectivity index (χ1v) is 7.65. The molecule has 0 aromatic heterocycles. The maximum Gasteiger partial charge on any atom is 0.219 e. The highest BCUT2D eigenvalue weighted by Crippen LogP contribution is 2.23. The van der Waals surface area contributed by atoms with Crippen LogP contribution in [0.2, 0.25) is 0 Å². The number of carbonyl (C=O) groups excluding carboxylic acids is 1. The van der Waals surface area contributed by atoms with Crippen molar-refractivity contribution >= 4 is 5.91 Å². The number of hydrogen-bond donors (Lipinski definition) is 0. The third-order valence-electron chi connectivity index (χ3n) is 4.31. The van der Waals surface area contributed by atoms with Gasteiger partial charge < -0.3 is 4.90 Å². The highest BCUT2D eigenvalue weighted by atomic mass is 16.2. The van der Waals surface area contributed by atoms with E-state index in [2.05, 4.69) is 48.5 Å². The standard InChI is InChI=1S/C19H21NO/c1-15(21)20-13-5-8-19(20)14-16-9-11-18(12-10-16)17-6-3-2-4-7-17/h2-4,6-7,9-12,19H,5,8,13-14H2,1H3/t19-/m0/s1. The molecule has 0 N–H and O–H groups in total. The number of hydrogen-bond acceptors (Lipinski definition) is 1. The summed E-state index contributed by atoms with van der Waals surface area (Å²) in [7, 11) is 0. The van der Waals surface area contributed by atoms with Crippen LogP contribution in [0.1, 0.15) is 25.3 Å². The molecule has 1 fully saturated rings. The third-order valence-corrected chi connectivity index (χ3v) is 4.31. The Bertz CT molecular complexity index is 603. The number of likely N-dealkylation sites (tertiary alicyclic amines) is 1. The first-order chi connectivity index (χ1) is 10.2. The molecule has 1 atom stereocenters. The average molecular weight is 279 g/mol. The summed E-state index contributed by atoms with van der Waals surface area (Å²) in [5.41, 5.74) is 3.80. The van der Waals surface area contributed by atoms with Crippen LogP contribution in [0.3, 0.4) is 0 Å². The van der Waals surface area contributed by atoms with Crippen molar-refractivity contribution in [2.24, 2.45) is 0 Å². The van der Waals surface area contributed by atoms with E-state index in [1.807, 2.05) is 11.0 Å². The van der Waals surface area contributed by atoms with E-state index in [0.29, 0.717) is 6.04 Å². The third kappa shape index (κ3) is 3.15. The molecule has 1 amide bonds. The van der Waals surface area contributed by atoms with Crippen LogP contribution in [0.4, 0.5) is 0 Å². The van der Waals surface area contributed by atoms with Crippen LogP contribution in [-0.4, -0.2) is 23.4 Å². The van der Waals surface area contributed by atoms with Gasteiger partial charge in [-0.25, -0.2) is 0 Å². The minimum atomic E-state index is 0.207. The zero-order valence-corrected chi connectivity index (χ0v) is 12.5. The van der Waals surface area contributed by atoms with E-state index < -0.39 is 0 Å². The Kier molecular flexibility index (Phi) is 4.05. The number of nitrogens with zero attached hydrogens (tertiary/aromatic N) is 1. The summed E-state index contributed by atoms with van der Waals surface area (Å²) in [5.74, 6) is 0.207. The molecule has 2 nitrogen and oxygen atoms in total. The van der Waals surface area contributed by atoms with Gasteiger partial charge in [0.25, 0.3) is 0 Å². The summed E-state index contributed by atoms with van der Waals surface area (Å²) in [6.07, 6.45) is 3.22. The maximum atomic E-state index is 11.6. The predicted octanol–water partition coefficient (Wildman–Crippen LogP) is 3.91. The van der Waals surface area contributed by atoms with Crippen LogP contribution in [0.25, 0.3) is 11.1 Å². The van der Waals surface area contributed by atoms with Crippen molar-refractivity contribution in [1.82, 2.24) is 4.90 Å². The van der Waals surface area contributed by atoms with Crippen molar-refractivity contribution in [2.45, 2.75) is 32.2 Å². The summed E-state index contributed by atoms with van der Waals surface area (Å²) in [6.45, 7) is 2.60. The highest BCUT2D eigenvalue weighted by molar-refractivity contribution is 5.74. The number of rotatable bonds is 3. The van der Waals surface area contributed by atoms with E-state index >= 15 is 0 Å². The van der Waals surface area contributed by atoms with E-state index in [4.69, 9.17) is 0 Å². The minimum absolute atomic E-state index is 0.207. The van der Waals surface area contributed by atoms with Gasteiger partial charge in [0.05, 0.1) is 0 Å². The Morgan fingerprint density at radius 1 is 1.05 bits per heavy atom. The zero-order chi connectivity index (χ0) is 14.7. The summed E-state index contributed by atoms with van der Waals surface area (Å²) in [5, 5.41) is 0. The molecule has 0 radical (unpaired) electrons. The minimum Gasteiger partial charge on any atom is -0.340 e. The molecule has 2 heteroatoms. The van der Waals surface area contributed by atoms with Gasteiger partial charge in [-0.05, 0) is 36.0 Å². The molecule has 0 spiro atoms. The lowest BCUT2D eigenvalue weighted by atomic mass is 10.00. The van der Waals surface area contributed by atoms with E-state index in [-0.39, 0.29) is 5.91 Å². The lowest BCUT2D eigenvalue weighted by Gasteiger charge is -2.23. The van der Waals surface area contributed by atoms with Crippen LogP contribution in [-0.2, 0) is 11.2 Å². The Morgan fingerprint density at radius 3 is 2.38 bits per heavy atom. The van der Waals surface area contributed by atoms with Crippen molar-refractivity contribution in [3.05, 3.63) is 60.2 Å². The fraction of sp³-hybridized carbons (Fsp3) is 0.316. The molecular formula is C19H21NO. The SMILES string of the molecule is CC(=O)N1CCC[C@H]1Cc1ccc(-c2ccccc2)cc1. The molecule has 1 saturated heterocycles. The molecule has 21 heavy (non-hydrogen) atoms. The quantitative estimate of drug-likeness (QED) is 0.834. The molecule has 2 aromatic carbocycles. The second kappa shape index (κ2) is 6.13. The second-order valence-corrected chi connectivity index (χ2v) is 5.78. The first-order valence-electron chi connectivity index (χ1n) is 7.65. The zero-order valence-electron chi connectivity index (χ0n) is 12.5. The van der Waals surface area contributed by atoms with Gasteiger partial charge in [0.2, 0.25) is 5.91 Å².